The summed E-state index contributed by atoms with van der Waals surface area (Å²) in [7, 11) is 0. The van der Waals surface area contributed by atoms with E-state index in [9.17, 15) is 4.79 Å². The quantitative estimate of drug-likeness (QED) is 0.728. The van der Waals surface area contributed by atoms with Gasteiger partial charge in [0, 0.05) is 29.1 Å². The second-order valence-electron chi connectivity index (χ2n) is 5.41. The van der Waals surface area contributed by atoms with Crippen molar-refractivity contribution in [1.29, 1.82) is 0 Å². The second-order valence-corrected chi connectivity index (χ2v) is 6.67. The molecule has 5 nitrogen and oxygen atoms in total. The molecule has 1 aromatic heterocycles. The van der Waals surface area contributed by atoms with Crippen LogP contribution in [0.4, 0.5) is 5.69 Å². The number of rotatable bonds is 5. The van der Waals surface area contributed by atoms with Crippen LogP contribution in [0.3, 0.4) is 0 Å². The van der Waals surface area contributed by atoms with Crippen LogP contribution < -0.4 is 10.6 Å². The SMILES string of the molecule is O=C1COCC(NCc2ccncc2Br)=C1C(=S)Nc1ccccc1. The summed E-state index contributed by atoms with van der Waals surface area (Å²) in [5.41, 5.74) is 3.04. The van der Waals surface area contributed by atoms with Gasteiger partial charge >= 0.3 is 0 Å². The van der Waals surface area contributed by atoms with Gasteiger partial charge in [0.1, 0.15) is 11.6 Å². The van der Waals surface area contributed by atoms with Gasteiger partial charge in [-0.05, 0) is 39.7 Å². The van der Waals surface area contributed by atoms with Crippen molar-refractivity contribution >= 4 is 44.6 Å². The lowest BCUT2D eigenvalue weighted by Crippen LogP contribution is -2.34. The topological polar surface area (TPSA) is 63.2 Å². The van der Waals surface area contributed by atoms with E-state index in [1.54, 1.807) is 12.4 Å². The molecule has 1 aliphatic rings. The van der Waals surface area contributed by atoms with E-state index in [1.807, 2.05) is 36.4 Å². The van der Waals surface area contributed by atoms with Gasteiger partial charge in [-0.2, -0.15) is 0 Å². The Hall–Kier alpha value is -2.09. The highest BCUT2D eigenvalue weighted by Gasteiger charge is 2.24. The summed E-state index contributed by atoms with van der Waals surface area (Å²) in [4.78, 5) is 16.8. The molecule has 0 fully saturated rings. The molecule has 0 bridgehead atoms. The monoisotopic (exact) mass is 417 g/mol. The van der Waals surface area contributed by atoms with Crippen LogP contribution >= 0.6 is 28.1 Å². The van der Waals surface area contributed by atoms with E-state index in [2.05, 4.69) is 31.5 Å². The van der Waals surface area contributed by atoms with Gasteiger partial charge in [0.2, 0.25) is 0 Å². The standard InChI is InChI=1S/C18H16BrN3O2S/c19-14-9-20-7-6-12(14)8-21-15-10-24-11-16(23)17(15)18(25)22-13-4-2-1-3-5-13/h1-7,9,21H,8,10-11H2,(H,22,25). The second kappa shape index (κ2) is 8.33. The van der Waals surface area contributed by atoms with Crippen LogP contribution in [0.2, 0.25) is 0 Å². The maximum absolute atomic E-state index is 12.3. The Bertz CT molecular complexity index is 824. The lowest BCUT2D eigenvalue weighted by Gasteiger charge is -2.22. The number of ether oxygens (including phenoxy) is 1. The summed E-state index contributed by atoms with van der Waals surface area (Å²) in [6.45, 7) is 0.892. The number of anilines is 1. The summed E-state index contributed by atoms with van der Waals surface area (Å²) in [5.74, 6) is -0.129. The number of pyridine rings is 1. The van der Waals surface area contributed by atoms with E-state index in [1.165, 1.54) is 0 Å². The summed E-state index contributed by atoms with van der Waals surface area (Å²) in [5, 5.41) is 6.39. The fourth-order valence-corrected chi connectivity index (χ4v) is 3.17. The first-order chi connectivity index (χ1) is 12.1. The van der Waals surface area contributed by atoms with Crippen LogP contribution in [0.5, 0.6) is 0 Å². The Morgan fingerprint density at radius 2 is 2.04 bits per heavy atom. The normalized spacial score (nSPS) is 14.4. The van der Waals surface area contributed by atoms with Crippen LogP contribution in [-0.2, 0) is 16.1 Å². The molecule has 0 spiro atoms. The summed E-state index contributed by atoms with van der Waals surface area (Å²) in [6, 6.07) is 11.4. The van der Waals surface area contributed by atoms with Gasteiger partial charge in [-0.1, -0.05) is 30.4 Å². The van der Waals surface area contributed by atoms with Crippen LogP contribution in [0.15, 0.2) is 64.5 Å². The molecule has 1 aliphatic heterocycles. The van der Waals surface area contributed by atoms with Crippen molar-refractivity contribution < 1.29 is 9.53 Å². The zero-order valence-corrected chi connectivity index (χ0v) is 15.7. The van der Waals surface area contributed by atoms with Crippen LogP contribution in [0.25, 0.3) is 0 Å². The number of ketones is 1. The molecule has 3 rings (SSSR count). The summed E-state index contributed by atoms with van der Waals surface area (Å²) < 4.78 is 6.26. The highest BCUT2D eigenvalue weighted by molar-refractivity contribution is 9.10. The molecule has 7 heteroatoms. The number of hydrogen-bond acceptors (Lipinski definition) is 5. The Kier molecular flexibility index (Phi) is 5.91. The maximum atomic E-state index is 12.3. The van der Waals surface area contributed by atoms with Crippen LogP contribution in [-0.4, -0.2) is 29.0 Å². The third kappa shape index (κ3) is 4.50. The highest BCUT2D eigenvalue weighted by Crippen LogP contribution is 2.18. The third-order valence-electron chi connectivity index (χ3n) is 3.67. The highest BCUT2D eigenvalue weighted by atomic mass is 79.9. The number of para-hydroxylation sites is 1. The molecule has 2 heterocycles. The van der Waals surface area contributed by atoms with E-state index < -0.39 is 0 Å². The number of Topliss-reactive ketones (excluding diaryl/α,β-unsaturated/α-hetero) is 1. The Labute approximate surface area is 159 Å². The van der Waals surface area contributed by atoms with Crippen molar-refractivity contribution in [3.63, 3.8) is 0 Å². The molecule has 0 amide bonds. The molecule has 0 radical (unpaired) electrons. The van der Waals surface area contributed by atoms with Gasteiger partial charge in [0.15, 0.2) is 5.78 Å². The Morgan fingerprint density at radius 3 is 2.80 bits per heavy atom. The molecule has 2 aromatic rings. The molecule has 0 saturated heterocycles. The van der Waals surface area contributed by atoms with Gasteiger partial charge in [0.05, 0.1) is 17.9 Å². The molecular formula is C18H16BrN3O2S. The van der Waals surface area contributed by atoms with E-state index in [-0.39, 0.29) is 12.4 Å². The number of aromatic nitrogens is 1. The molecular weight excluding hydrogens is 402 g/mol. The van der Waals surface area contributed by atoms with E-state index in [0.29, 0.717) is 29.4 Å². The average Bonchev–Trinajstić information content (AvgIpc) is 2.62. The predicted octanol–water partition coefficient (Wildman–Crippen LogP) is 3.23. The number of hydrogen-bond donors (Lipinski definition) is 2. The number of nitrogens with one attached hydrogen (secondary N) is 2. The molecule has 0 unspecified atom stereocenters. The van der Waals surface area contributed by atoms with Crippen LogP contribution in [0.1, 0.15) is 5.56 Å². The molecule has 1 aromatic carbocycles. The molecule has 0 saturated carbocycles. The van der Waals surface area contributed by atoms with Crippen molar-refractivity contribution in [2.24, 2.45) is 0 Å². The average molecular weight is 418 g/mol. The first-order valence-corrected chi connectivity index (χ1v) is 8.88. The molecule has 2 N–H and O–H groups in total. The van der Waals surface area contributed by atoms with Crippen molar-refractivity contribution in [3.8, 4) is 0 Å². The molecule has 0 aliphatic carbocycles. The molecule has 0 atom stereocenters. The summed E-state index contributed by atoms with van der Waals surface area (Å²) >= 11 is 8.93. The zero-order valence-electron chi connectivity index (χ0n) is 13.3. The third-order valence-corrected chi connectivity index (χ3v) is 4.69. The van der Waals surface area contributed by atoms with Crippen molar-refractivity contribution in [3.05, 3.63) is 70.1 Å². The van der Waals surface area contributed by atoms with E-state index >= 15 is 0 Å². The fraction of sp³-hybridized carbons (Fsp3) is 0.167. The van der Waals surface area contributed by atoms with Gasteiger partial charge in [-0.15, -0.1) is 0 Å². The Morgan fingerprint density at radius 1 is 1.24 bits per heavy atom. The number of nitrogens with zero attached hydrogens (tertiary/aromatic N) is 1. The zero-order chi connectivity index (χ0) is 17.6. The van der Waals surface area contributed by atoms with E-state index in [0.717, 1.165) is 15.7 Å². The number of halogens is 1. The number of carbonyl (C=O) groups excluding carboxylic acids is 1. The lowest BCUT2D eigenvalue weighted by atomic mass is 10.1. The van der Waals surface area contributed by atoms with Gasteiger partial charge in [-0.3, -0.25) is 9.78 Å². The summed E-state index contributed by atoms with van der Waals surface area (Å²) in [6.07, 6.45) is 3.46. The minimum absolute atomic E-state index is 0.0378. The molecule has 128 valence electrons. The number of thiocarbonyl (C=S) groups is 1. The number of carbonyl (C=O) groups is 1. The van der Waals surface area contributed by atoms with Crippen molar-refractivity contribution in [2.75, 3.05) is 18.5 Å². The Balaban J connectivity index is 1.79. The first-order valence-electron chi connectivity index (χ1n) is 7.68. The molecule has 25 heavy (non-hydrogen) atoms. The smallest absolute Gasteiger partial charge is 0.193 e. The minimum atomic E-state index is -0.129. The van der Waals surface area contributed by atoms with Crippen LogP contribution in [0, 0.1) is 0 Å². The van der Waals surface area contributed by atoms with E-state index in [4.69, 9.17) is 17.0 Å². The minimum Gasteiger partial charge on any atom is -0.382 e. The van der Waals surface area contributed by atoms with Gasteiger partial charge in [-0.25, -0.2) is 0 Å². The number of benzene rings is 1. The van der Waals surface area contributed by atoms with Gasteiger partial charge < -0.3 is 15.4 Å². The first kappa shape index (κ1) is 17.7. The van der Waals surface area contributed by atoms with Crippen molar-refractivity contribution in [2.45, 2.75) is 6.54 Å². The fourth-order valence-electron chi connectivity index (χ4n) is 2.43. The lowest BCUT2D eigenvalue weighted by molar-refractivity contribution is -0.120. The maximum Gasteiger partial charge on any atom is 0.193 e. The van der Waals surface area contributed by atoms with Crippen molar-refractivity contribution in [1.82, 2.24) is 10.3 Å². The predicted molar refractivity (Wildman–Crippen MR) is 104 cm³/mol. The largest absolute Gasteiger partial charge is 0.382 e. The van der Waals surface area contributed by atoms with Gasteiger partial charge in [0.25, 0.3) is 0 Å².